The van der Waals surface area contributed by atoms with Gasteiger partial charge in [0.1, 0.15) is 5.75 Å². The molecular weight excluding hydrogens is 130 g/mol. The Kier molecular flexibility index (Phi) is 1.83. The molecule has 1 rings (SSSR count). The van der Waals surface area contributed by atoms with Gasteiger partial charge < -0.3 is 5.11 Å². The van der Waals surface area contributed by atoms with Crippen molar-refractivity contribution in [3.05, 3.63) is 24.3 Å². The molecule has 1 aromatic carbocycles. The van der Waals surface area contributed by atoms with Crippen molar-refractivity contribution in [3.8, 4) is 5.75 Å². The third kappa shape index (κ3) is 1.44. The first-order chi connectivity index (χ1) is 4.83. The minimum absolute atomic E-state index is 0.0940. The molecule has 0 bridgehead atoms. The molecule has 0 amide bonds. The number of carbonyl (C=O) groups excluding carboxylic acids is 1. The quantitative estimate of drug-likeness (QED) is 0.467. The standard InChI is InChI=1S/C7H5NO2/c9-5-8-6-2-1-3-7(10)4-6/h1-4,10H. The number of rotatable bonds is 1. The molecule has 1 N–H and O–H groups in total. The van der Waals surface area contributed by atoms with Gasteiger partial charge in [-0.2, -0.15) is 4.99 Å². The van der Waals surface area contributed by atoms with Crippen molar-refractivity contribution in [2.45, 2.75) is 0 Å². The second-order valence-corrected chi connectivity index (χ2v) is 1.72. The molecule has 1 aromatic rings. The molecule has 0 atom stereocenters. The van der Waals surface area contributed by atoms with E-state index in [0.29, 0.717) is 5.69 Å². The van der Waals surface area contributed by atoms with E-state index < -0.39 is 0 Å². The van der Waals surface area contributed by atoms with Crippen molar-refractivity contribution >= 4 is 11.8 Å². The Morgan fingerprint density at radius 2 is 2.30 bits per heavy atom. The maximum Gasteiger partial charge on any atom is 0.240 e. The summed E-state index contributed by atoms with van der Waals surface area (Å²) in [5.41, 5.74) is 0.412. The first kappa shape index (κ1) is 6.52. The topological polar surface area (TPSA) is 49.7 Å². The van der Waals surface area contributed by atoms with Crippen LogP contribution in [0.4, 0.5) is 5.69 Å². The molecule has 3 nitrogen and oxygen atoms in total. The van der Waals surface area contributed by atoms with E-state index in [1.54, 1.807) is 12.1 Å². The summed E-state index contributed by atoms with van der Waals surface area (Å²) >= 11 is 0. The molecule has 0 fully saturated rings. The van der Waals surface area contributed by atoms with Gasteiger partial charge >= 0.3 is 0 Å². The zero-order valence-corrected chi connectivity index (χ0v) is 5.11. The van der Waals surface area contributed by atoms with Crippen LogP contribution < -0.4 is 0 Å². The summed E-state index contributed by atoms with van der Waals surface area (Å²) < 4.78 is 0. The largest absolute Gasteiger partial charge is 0.508 e. The first-order valence-corrected chi connectivity index (χ1v) is 2.70. The maximum atomic E-state index is 9.71. The predicted molar refractivity (Wildman–Crippen MR) is 35.9 cm³/mol. The van der Waals surface area contributed by atoms with E-state index in [9.17, 15) is 4.79 Å². The van der Waals surface area contributed by atoms with Crippen LogP contribution in [-0.2, 0) is 4.79 Å². The summed E-state index contributed by atoms with van der Waals surface area (Å²) in [5.74, 6) is 0.0940. The first-order valence-electron chi connectivity index (χ1n) is 2.70. The number of phenolic OH excluding ortho intramolecular Hbond substituents is 1. The highest BCUT2D eigenvalue weighted by Gasteiger charge is 1.88. The Hall–Kier alpha value is -1.60. The lowest BCUT2D eigenvalue weighted by Gasteiger charge is -1.89. The molecular formula is C7H5NO2. The second kappa shape index (κ2) is 2.80. The lowest BCUT2D eigenvalue weighted by molar-refractivity contribution is 0.475. The molecule has 0 saturated heterocycles. The van der Waals surface area contributed by atoms with Gasteiger partial charge in [0.05, 0.1) is 5.69 Å². The van der Waals surface area contributed by atoms with Gasteiger partial charge in [-0.3, -0.25) is 0 Å². The van der Waals surface area contributed by atoms with Crippen molar-refractivity contribution in [1.29, 1.82) is 0 Å². The Bertz CT molecular complexity index is 277. The van der Waals surface area contributed by atoms with Gasteiger partial charge in [0, 0.05) is 6.07 Å². The monoisotopic (exact) mass is 135 g/mol. The van der Waals surface area contributed by atoms with Crippen LogP contribution >= 0.6 is 0 Å². The third-order valence-electron chi connectivity index (χ3n) is 1.00. The normalized spacial score (nSPS) is 8.40. The van der Waals surface area contributed by atoms with Crippen LogP contribution in [0.15, 0.2) is 29.3 Å². The minimum atomic E-state index is 0.0940. The highest BCUT2D eigenvalue weighted by Crippen LogP contribution is 2.16. The fourth-order valence-corrected chi connectivity index (χ4v) is 0.615. The van der Waals surface area contributed by atoms with E-state index in [2.05, 4.69) is 4.99 Å². The van der Waals surface area contributed by atoms with Crippen LogP contribution in [0.25, 0.3) is 0 Å². The summed E-state index contributed by atoms with van der Waals surface area (Å²) in [4.78, 5) is 13.0. The Morgan fingerprint density at radius 3 is 2.90 bits per heavy atom. The minimum Gasteiger partial charge on any atom is -0.508 e. The number of phenols is 1. The fourth-order valence-electron chi connectivity index (χ4n) is 0.615. The van der Waals surface area contributed by atoms with Crippen molar-refractivity contribution < 1.29 is 9.90 Å². The third-order valence-corrected chi connectivity index (χ3v) is 1.00. The van der Waals surface area contributed by atoms with Crippen molar-refractivity contribution in [3.63, 3.8) is 0 Å². The van der Waals surface area contributed by atoms with E-state index in [-0.39, 0.29) is 5.75 Å². The van der Waals surface area contributed by atoms with Gasteiger partial charge in [-0.1, -0.05) is 6.07 Å². The van der Waals surface area contributed by atoms with Gasteiger partial charge in [-0.15, -0.1) is 0 Å². The van der Waals surface area contributed by atoms with Crippen LogP contribution in [-0.4, -0.2) is 11.2 Å². The number of hydrogen-bond donors (Lipinski definition) is 1. The molecule has 3 heteroatoms. The average molecular weight is 135 g/mol. The molecule has 0 aliphatic carbocycles. The number of aromatic hydroxyl groups is 1. The molecule has 0 spiro atoms. The molecule has 50 valence electrons. The SMILES string of the molecule is O=C=Nc1cccc(O)c1. The Labute approximate surface area is 57.6 Å². The molecule has 0 radical (unpaired) electrons. The fraction of sp³-hybridized carbons (Fsp3) is 0. The summed E-state index contributed by atoms with van der Waals surface area (Å²) in [7, 11) is 0. The van der Waals surface area contributed by atoms with Crippen LogP contribution in [0.1, 0.15) is 0 Å². The number of aliphatic imine (C=N–C) groups is 1. The maximum absolute atomic E-state index is 9.71. The van der Waals surface area contributed by atoms with Crippen LogP contribution in [0.3, 0.4) is 0 Å². The molecule has 0 unspecified atom stereocenters. The van der Waals surface area contributed by atoms with Crippen LogP contribution in [0.2, 0.25) is 0 Å². The molecule has 0 aliphatic rings. The highest BCUT2D eigenvalue weighted by atomic mass is 16.3. The van der Waals surface area contributed by atoms with E-state index in [1.807, 2.05) is 0 Å². The summed E-state index contributed by atoms with van der Waals surface area (Å²) in [6.45, 7) is 0. The van der Waals surface area contributed by atoms with Crippen molar-refractivity contribution in [2.75, 3.05) is 0 Å². The van der Waals surface area contributed by atoms with Crippen molar-refractivity contribution in [2.24, 2.45) is 4.99 Å². The number of benzene rings is 1. The van der Waals surface area contributed by atoms with Gasteiger partial charge in [0.15, 0.2) is 0 Å². The van der Waals surface area contributed by atoms with E-state index in [4.69, 9.17) is 5.11 Å². The summed E-state index contributed by atoms with van der Waals surface area (Å²) in [6.07, 6.45) is 1.38. The molecule has 0 heterocycles. The van der Waals surface area contributed by atoms with Gasteiger partial charge in [-0.25, -0.2) is 4.79 Å². The molecule has 10 heavy (non-hydrogen) atoms. The Morgan fingerprint density at radius 1 is 1.50 bits per heavy atom. The average Bonchev–Trinajstić information content (AvgIpc) is 1.88. The van der Waals surface area contributed by atoms with Gasteiger partial charge in [0.25, 0.3) is 0 Å². The van der Waals surface area contributed by atoms with Crippen LogP contribution in [0, 0.1) is 0 Å². The zero-order valence-electron chi connectivity index (χ0n) is 5.11. The van der Waals surface area contributed by atoms with E-state index in [0.717, 1.165) is 0 Å². The number of hydrogen-bond acceptors (Lipinski definition) is 3. The highest BCUT2D eigenvalue weighted by molar-refractivity contribution is 5.50. The molecule has 0 aromatic heterocycles. The van der Waals surface area contributed by atoms with E-state index >= 15 is 0 Å². The van der Waals surface area contributed by atoms with Crippen molar-refractivity contribution in [1.82, 2.24) is 0 Å². The second-order valence-electron chi connectivity index (χ2n) is 1.72. The molecule has 0 saturated carbocycles. The van der Waals surface area contributed by atoms with Gasteiger partial charge in [0.2, 0.25) is 6.08 Å². The molecule has 0 aliphatic heterocycles. The zero-order chi connectivity index (χ0) is 7.40. The van der Waals surface area contributed by atoms with Gasteiger partial charge in [-0.05, 0) is 12.1 Å². The number of isocyanates is 1. The summed E-state index contributed by atoms with van der Waals surface area (Å²) in [5, 5.41) is 8.85. The number of nitrogens with zero attached hydrogens (tertiary/aromatic N) is 1. The lowest BCUT2D eigenvalue weighted by Crippen LogP contribution is -1.63. The lowest BCUT2D eigenvalue weighted by atomic mass is 10.3. The Balaban J connectivity index is 3.06. The summed E-state index contributed by atoms with van der Waals surface area (Å²) in [6, 6.07) is 6.09. The smallest absolute Gasteiger partial charge is 0.240 e. The van der Waals surface area contributed by atoms with E-state index in [1.165, 1.54) is 18.2 Å². The van der Waals surface area contributed by atoms with Crippen LogP contribution in [0.5, 0.6) is 5.75 Å². The predicted octanol–water partition coefficient (Wildman–Crippen LogP) is 1.36.